The standard InChI is InChI=1S/C14H26F2N2O3S/c1-11(2)22(20,21)18-7-3-12(13(19)4-8-18)17-9-5-14(15,16)6-10-17/h11-13,19H,3-10H2,1-2H3/t12-,13-/m0/s1. The predicted octanol–water partition coefficient (Wildman–Crippen LogP) is 1.28. The van der Waals surface area contributed by atoms with Crippen LogP contribution in [0.1, 0.15) is 39.5 Å². The zero-order valence-electron chi connectivity index (χ0n) is 13.2. The Labute approximate surface area is 131 Å². The summed E-state index contributed by atoms with van der Waals surface area (Å²) in [5, 5.41) is 9.81. The molecule has 0 aliphatic carbocycles. The molecule has 0 spiro atoms. The Kier molecular flexibility index (Phi) is 5.46. The van der Waals surface area contributed by atoms with E-state index in [0.29, 0.717) is 25.9 Å². The first-order chi connectivity index (χ1) is 10.1. The first-order valence-corrected chi connectivity index (χ1v) is 9.43. The van der Waals surface area contributed by atoms with E-state index in [1.165, 1.54) is 4.31 Å². The lowest BCUT2D eigenvalue weighted by molar-refractivity contribution is -0.0755. The van der Waals surface area contributed by atoms with Crippen molar-refractivity contribution in [3.8, 4) is 0 Å². The van der Waals surface area contributed by atoms with Crippen molar-refractivity contribution in [2.75, 3.05) is 26.2 Å². The minimum Gasteiger partial charge on any atom is -0.391 e. The van der Waals surface area contributed by atoms with Crippen molar-refractivity contribution in [1.29, 1.82) is 0 Å². The number of rotatable bonds is 3. The molecular formula is C14H26F2N2O3S. The first-order valence-electron chi connectivity index (χ1n) is 7.92. The summed E-state index contributed by atoms with van der Waals surface area (Å²) < 4.78 is 52.4. The number of sulfonamides is 1. The molecule has 2 fully saturated rings. The van der Waals surface area contributed by atoms with Gasteiger partial charge in [0.2, 0.25) is 10.0 Å². The number of nitrogens with zero attached hydrogens (tertiary/aromatic N) is 2. The third-order valence-corrected chi connectivity index (χ3v) is 7.02. The maximum Gasteiger partial charge on any atom is 0.250 e. The number of aliphatic hydroxyl groups excluding tert-OH is 1. The van der Waals surface area contributed by atoms with Gasteiger partial charge in [0.15, 0.2) is 0 Å². The highest BCUT2D eigenvalue weighted by molar-refractivity contribution is 7.89. The van der Waals surface area contributed by atoms with Crippen molar-refractivity contribution in [1.82, 2.24) is 9.21 Å². The van der Waals surface area contributed by atoms with E-state index >= 15 is 0 Å². The van der Waals surface area contributed by atoms with Gasteiger partial charge in [-0.3, -0.25) is 4.90 Å². The molecule has 0 unspecified atom stereocenters. The second-order valence-corrected chi connectivity index (χ2v) is 9.09. The van der Waals surface area contributed by atoms with Crippen molar-refractivity contribution in [2.24, 2.45) is 0 Å². The largest absolute Gasteiger partial charge is 0.391 e. The molecule has 0 aromatic heterocycles. The predicted molar refractivity (Wildman–Crippen MR) is 80.4 cm³/mol. The maximum atomic E-state index is 13.3. The van der Waals surface area contributed by atoms with E-state index in [9.17, 15) is 22.3 Å². The summed E-state index contributed by atoms with van der Waals surface area (Å²) in [7, 11) is -3.34. The van der Waals surface area contributed by atoms with Crippen molar-refractivity contribution >= 4 is 10.0 Å². The topological polar surface area (TPSA) is 60.9 Å². The van der Waals surface area contributed by atoms with Gasteiger partial charge < -0.3 is 5.11 Å². The Morgan fingerprint density at radius 2 is 1.64 bits per heavy atom. The van der Waals surface area contributed by atoms with E-state index in [0.717, 1.165) is 0 Å². The highest BCUT2D eigenvalue weighted by atomic mass is 32.2. The van der Waals surface area contributed by atoms with Gasteiger partial charge in [-0.2, -0.15) is 0 Å². The van der Waals surface area contributed by atoms with Gasteiger partial charge in [-0.25, -0.2) is 21.5 Å². The van der Waals surface area contributed by atoms with Gasteiger partial charge >= 0.3 is 0 Å². The molecule has 2 aliphatic rings. The Balaban J connectivity index is 2.01. The fourth-order valence-corrected chi connectivity index (χ4v) is 4.53. The molecule has 130 valence electrons. The Morgan fingerprint density at radius 1 is 1.09 bits per heavy atom. The molecule has 0 aromatic rings. The normalized spacial score (nSPS) is 32.1. The van der Waals surface area contributed by atoms with Crippen LogP contribution in [0.2, 0.25) is 0 Å². The number of likely N-dealkylation sites (tertiary alicyclic amines) is 1. The number of piperidine rings is 1. The zero-order chi connectivity index (χ0) is 16.5. The summed E-state index contributed by atoms with van der Waals surface area (Å²) in [4.78, 5) is 1.90. The van der Waals surface area contributed by atoms with E-state index in [1.54, 1.807) is 13.8 Å². The van der Waals surface area contributed by atoms with E-state index in [2.05, 4.69) is 0 Å². The average Bonchev–Trinajstić information content (AvgIpc) is 2.61. The van der Waals surface area contributed by atoms with Crippen molar-refractivity contribution < 1.29 is 22.3 Å². The van der Waals surface area contributed by atoms with Gasteiger partial charge in [0.1, 0.15) is 0 Å². The first kappa shape index (κ1) is 18.0. The summed E-state index contributed by atoms with van der Waals surface area (Å²) in [6.07, 6.45) is -0.213. The maximum absolute atomic E-state index is 13.3. The third kappa shape index (κ3) is 3.96. The Hall–Kier alpha value is -0.310. The van der Waals surface area contributed by atoms with Crippen molar-refractivity contribution in [3.05, 3.63) is 0 Å². The van der Waals surface area contributed by atoms with E-state index in [1.807, 2.05) is 4.90 Å². The van der Waals surface area contributed by atoms with Gasteiger partial charge in [0.05, 0.1) is 11.4 Å². The summed E-state index contributed by atoms with van der Waals surface area (Å²) in [5.74, 6) is -2.61. The van der Waals surface area contributed by atoms with E-state index < -0.39 is 27.3 Å². The Morgan fingerprint density at radius 3 is 2.18 bits per heavy atom. The zero-order valence-corrected chi connectivity index (χ0v) is 14.0. The summed E-state index contributed by atoms with van der Waals surface area (Å²) in [6, 6.07) is -0.233. The van der Waals surface area contributed by atoms with Crippen LogP contribution < -0.4 is 0 Å². The molecule has 8 heteroatoms. The molecule has 0 saturated carbocycles. The fraction of sp³-hybridized carbons (Fsp3) is 1.00. The minimum absolute atomic E-state index is 0.190. The van der Waals surface area contributed by atoms with Gasteiger partial charge in [-0.1, -0.05) is 0 Å². The lowest BCUT2D eigenvalue weighted by Crippen LogP contribution is -2.49. The monoisotopic (exact) mass is 340 g/mol. The third-order valence-electron chi connectivity index (χ3n) is 4.75. The van der Waals surface area contributed by atoms with Crippen LogP contribution in [0.15, 0.2) is 0 Å². The molecular weight excluding hydrogens is 314 g/mol. The highest BCUT2D eigenvalue weighted by Crippen LogP contribution is 2.31. The molecule has 0 aromatic carbocycles. The van der Waals surface area contributed by atoms with Crippen LogP contribution in [0, 0.1) is 0 Å². The lowest BCUT2D eigenvalue weighted by Gasteiger charge is -2.38. The highest BCUT2D eigenvalue weighted by Gasteiger charge is 2.39. The van der Waals surface area contributed by atoms with Crippen molar-refractivity contribution in [2.45, 2.75) is 62.8 Å². The molecule has 2 aliphatic heterocycles. The van der Waals surface area contributed by atoms with E-state index in [4.69, 9.17) is 0 Å². The van der Waals surface area contributed by atoms with Gasteiger partial charge in [-0.05, 0) is 26.7 Å². The fourth-order valence-electron chi connectivity index (χ4n) is 3.21. The van der Waals surface area contributed by atoms with Crippen LogP contribution in [0.3, 0.4) is 0 Å². The van der Waals surface area contributed by atoms with Gasteiger partial charge in [-0.15, -0.1) is 0 Å². The second-order valence-electron chi connectivity index (χ2n) is 6.60. The summed E-state index contributed by atoms with van der Waals surface area (Å²) in [6.45, 7) is 4.43. The molecule has 1 N–H and O–H groups in total. The number of hydrogen-bond donors (Lipinski definition) is 1. The summed E-state index contributed by atoms with van der Waals surface area (Å²) >= 11 is 0. The molecule has 2 rings (SSSR count). The molecule has 2 heterocycles. The van der Waals surface area contributed by atoms with Crippen molar-refractivity contribution in [3.63, 3.8) is 0 Å². The molecule has 5 nitrogen and oxygen atoms in total. The smallest absolute Gasteiger partial charge is 0.250 e. The van der Waals surface area contributed by atoms with Gasteiger partial charge in [0, 0.05) is 45.1 Å². The molecule has 2 atom stereocenters. The van der Waals surface area contributed by atoms with Crippen LogP contribution in [-0.2, 0) is 10.0 Å². The average molecular weight is 340 g/mol. The molecule has 0 bridgehead atoms. The number of aliphatic hydroxyl groups is 1. The molecule has 22 heavy (non-hydrogen) atoms. The lowest BCUT2D eigenvalue weighted by atomic mass is 9.99. The number of hydrogen-bond acceptors (Lipinski definition) is 4. The van der Waals surface area contributed by atoms with Crippen LogP contribution in [0.5, 0.6) is 0 Å². The quantitative estimate of drug-likeness (QED) is 0.841. The molecule has 0 amide bonds. The van der Waals surface area contributed by atoms with Crippen LogP contribution in [0.4, 0.5) is 8.78 Å². The number of alkyl halides is 2. The molecule has 2 saturated heterocycles. The second kappa shape index (κ2) is 6.67. The SMILES string of the molecule is CC(C)S(=O)(=O)N1CC[C@H](O)[C@@H](N2CCC(F)(F)CC2)CC1. The molecule has 0 radical (unpaired) electrons. The Bertz CT molecular complexity index is 474. The minimum atomic E-state index is -3.34. The number of halogens is 2. The summed E-state index contributed by atoms with van der Waals surface area (Å²) in [5.41, 5.74) is 0. The van der Waals surface area contributed by atoms with Crippen LogP contribution >= 0.6 is 0 Å². The van der Waals surface area contributed by atoms with Gasteiger partial charge in [0.25, 0.3) is 5.92 Å². The van der Waals surface area contributed by atoms with E-state index in [-0.39, 0.29) is 32.0 Å². The van der Waals surface area contributed by atoms with Crippen LogP contribution in [-0.4, -0.2) is 72.2 Å². The van der Waals surface area contributed by atoms with Crippen LogP contribution in [0.25, 0.3) is 0 Å².